The highest BCUT2D eigenvalue weighted by atomic mass is 16.5. The van der Waals surface area contributed by atoms with E-state index in [1.807, 2.05) is 0 Å². The number of hydrogen-bond donors (Lipinski definition) is 2. The van der Waals surface area contributed by atoms with E-state index < -0.39 is 0 Å². The minimum atomic E-state index is -0.369. The lowest BCUT2D eigenvalue weighted by atomic mass is 9.80. The Bertz CT molecular complexity index is 287. The van der Waals surface area contributed by atoms with Crippen molar-refractivity contribution >= 4 is 0 Å². The lowest BCUT2D eigenvalue weighted by Crippen LogP contribution is -2.42. The van der Waals surface area contributed by atoms with Crippen molar-refractivity contribution in [1.29, 1.82) is 0 Å². The lowest BCUT2D eigenvalue weighted by Gasteiger charge is -2.33. The summed E-state index contributed by atoms with van der Waals surface area (Å²) in [6, 6.07) is 0.576. The highest BCUT2D eigenvalue weighted by molar-refractivity contribution is 4.80. The van der Waals surface area contributed by atoms with Crippen molar-refractivity contribution in [3.8, 4) is 0 Å². The fraction of sp³-hybridized carbons (Fsp3) is 1.00. The number of nitrogens with one attached hydrogen (secondary N) is 1. The molecule has 0 aromatic heterocycles. The van der Waals surface area contributed by atoms with Gasteiger partial charge in [0.15, 0.2) is 0 Å². The summed E-state index contributed by atoms with van der Waals surface area (Å²) in [5, 5.41) is 13.7. The van der Waals surface area contributed by atoms with E-state index in [1.165, 1.54) is 44.9 Å². The second-order valence-electron chi connectivity index (χ2n) is 7.81. The minimum Gasteiger partial charge on any atom is -0.389 e. The van der Waals surface area contributed by atoms with E-state index >= 15 is 0 Å². The molecule has 0 saturated heterocycles. The maximum atomic E-state index is 10.1. The normalized spacial score (nSPS) is 39.1. The summed E-state index contributed by atoms with van der Waals surface area (Å²) in [7, 11) is 0. The van der Waals surface area contributed by atoms with Crippen molar-refractivity contribution in [1.82, 2.24) is 5.32 Å². The van der Waals surface area contributed by atoms with Crippen LogP contribution in [-0.4, -0.2) is 36.5 Å². The Morgan fingerprint density at radius 3 is 2.38 bits per heavy atom. The van der Waals surface area contributed by atoms with Gasteiger partial charge in [0.25, 0.3) is 0 Å². The molecule has 0 aromatic rings. The standard InChI is InChI=1S/C18H35NO2/c1-13-8-14(2)10-16(9-13)19-11-17(20)12-21-18-7-5-4-6-15(18)3/h13-20H,4-12H2,1-3H3. The van der Waals surface area contributed by atoms with E-state index in [4.69, 9.17) is 4.74 Å². The predicted molar refractivity (Wildman–Crippen MR) is 87.3 cm³/mol. The first-order valence-corrected chi connectivity index (χ1v) is 9.07. The molecule has 2 aliphatic rings. The molecule has 2 aliphatic carbocycles. The van der Waals surface area contributed by atoms with Crippen LogP contribution in [0.25, 0.3) is 0 Å². The summed E-state index contributed by atoms with van der Waals surface area (Å²) >= 11 is 0. The predicted octanol–water partition coefficient (Wildman–Crippen LogP) is 3.36. The molecule has 2 saturated carbocycles. The highest BCUT2D eigenvalue weighted by Gasteiger charge is 2.25. The Labute approximate surface area is 130 Å². The monoisotopic (exact) mass is 297 g/mol. The summed E-state index contributed by atoms with van der Waals surface area (Å²) < 4.78 is 5.95. The van der Waals surface area contributed by atoms with Gasteiger partial charge in [-0.25, -0.2) is 0 Å². The van der Waals surface area contributed by atoms with Gasteiger partial charge < -0.3 is 15.2 Å². The van der Waals surface area contributed by atoms with E-state index in [2.05, 4.69) is 26.1 Å². The van der Waals surface area contributed by atoms with Crippen LogP contribution in [0.15, 0.2) is 0 Å². The van der Waals surface area contributed by atoms with E-state index in [9.17, 15) is 5.11 Å². The lowest BCUT2D eigenvalue weighted by molar-refractivity contribution is -0.0460. The van der Waals surface area contributed by atoms with Crippen LogP contribution >= 0.6 is 0 Å². The molecule has 0 amide bonds. The first-order valence-electron chi connectivity index (χ1n) is 9.07. The number of ether oxygens (including phenoxy) is 1. The number of aliphatic hydroxyl groups is 1. The van der Waals surface area contributed by atoms with Crippen molar-refractivity contribution in [3.63, 3.8) is 0 Å². The van der Waals surface area contributed by atoms with Gasteiger partial charge in [-0.05, 0) is 49.9 Å². The zero-order valence-electron chi connectivity index (χ0n) is 14.2. The third kappa shape index (κ3) is 5.88. The third-order valence-electron chi connectivity index (χ3n) is 5.36. The zero-order valence-corrected chi connectivity index (χ0v) is 14.2. The van der Waals surface area contributed by atoms with Crippen LogP contribution < -0.4 is 5.32 Å². The topological polar surface area (TPSA) is 41.5 Å². The van der Waals surface area contributed by atoms with Crippen molar-refractivity contribution in [3.05, 3.63) is 0 Å². The third-order valence-corrected chi connectivity index (χ3v) is 5.36. The number of aliphatic hydroxyl groups excluding tert-OH is 1. The van der Waals surface area contributed by atoms with E-state index in [-0.39, 0.29) is 6.10 Å². The summed E-state index contributed by atoms with van der Waals surface area (Å²) in [6.07, 6.45) is 8.90. The van der Waals surface area contributed by atoms with Crippen LogP contribution in [0, 0.1) is 17.8 Å². The van der Waals surface area contributed by atoms with Gasteiger partial charge in [-0.1, -0.05) is 33.6 Å². The molecule has 3 heteroatoms. The van der Waals surface area contributed by atoms with Gasteiger partial charge in [0.1, 0.15) is 0 Å². The highest BCUT2D eigenvalue weighted by Crippen LogP contribution is 2.28. The largest absolute Gasteiger partial charge is 0.389 e. The molecule has 3 nitrogen and oxygen atoms in total. The molecule has 2 rings (SSSR count). The minimum absolute atomic E-state index is 0.364. The maximum absolute atomic E-state index is 10.1. The molecule has 0 aromatic carbocycles. The molecule has 2 fully saturated rings. The second kappa shape index (κ2) is 8.50. The van der Waals surface area contributed by atoms with Gasteiger partial charge in [0.2, 0.25) is 0 Å². The molecule has 5 atom stereocenters. The van der Waals surface area contributed by atoms with Crippen LogP contribution in [0.1, 0.15) is 65.7 Å². The van der Waals surface area contributed by atoms with Crippen molar-refractivity contribution in [2.24, 2.45) is 17.8 Å². The van der Waals surface area contributed by atoms with Crippen LogP contribution in [0.3, 0.4) is 0 Å². The van der Waals surface area contributed by atoms with Crippen molar-refractivity contribution < 1.29 is 9.84 Å². The van der Waals surface area contributed by atoms with Gasteiger partial charge >= 0.3 is 0 Å². The SMILES string of the molecule is CC1CC(C)CC(NCC(O)COC2CCCCC2C)C1. The van der Waals surface area contributed by atoms with E-state index in [1.54, 1.807) is 0 Å². The molecule has 0 spiro atoms. The second-order valence-corrected chi connectivity index (χ2v) is 7.81. The number of rotatable bonds is 6. The fourth-order valence-electron chi connectivity index (χ4n) is 4.24. The molecule has 0 heterocycles. The smallest absolute Gasteiger partial charge is 0.0897 e. The van der Waals surface area contributed by atoms with Gasteiger partial charge in [-0.2, -0.15) is 0 Å². The van der Waals surface area contributed by atoms with Crippen molar-refractivity contribution in [2.75, 3.05) is 13.2 Å². The van der Waals surface area contributed by atoms with Crippen LogP contribution in [-0.2, 0) is 4.74 Å². The van der Waals surface area contributed by atoms with Crippen molar-refractivity contribution in [2.45, 2.75) is 84.0 Å². The molecule has 2 N–H and O–H groups in total. The molecule has 21 heavy (non-hydrogen) atoms. The van der Waals surface area contributed by atoms with Gasteiger partial charge in [-0.3, -0.25) is 0 Å². The Morgan fingerprint density at radius 2 is 1.71 bits per heavy atom. The van der Waals surface area contributed by atoms with Crippen LogP contribution in [0.4, 0.5) is 0 Å². The molecular formula is C18H35NO2. The van der Waals surface area contributed by atoms with Gasteiger partial charge in [-0.15, -0.1) is 0 Å². The molecule has 124 valence electrons. The Morgan fingerprint density at radius 1 is 1.05 bits per heavy atom. The zero-order chi connectivity index (χ0) is 15.2. The van der Waals surface area contributed by atoms with E-state index in [0.29, 0.717) is 31.2 Å². The molecule has 5 unspecified atom stereocenters. The first kappa shape index (κ1) is 17.2. The molecule has 0 radical (unpaired) electrons. The van der Waals surface area contributed by atoms with Crippen LogP contribution in [0.2, 0.25) is 0 Å². The van der Waals surface area contributed by atoms with E-state index in [0.717, 1.165) is 11.8 Å². The summed E-state index contributed by atoms with van der Waals surface area (Å²) in [5.41, 5.74) is 0. The molecular weight excluding hydrogens is 262 g/mol. The van der Waals surface area contributed by atoms with Gasteiger partial charge in [0.05, 0.1) is 18.8 Å². The summed E-state index contributed by atoms with van der Waals surface area (Å²) in [4.78, 5) is 0. The average molecular weight is 297 g/mol. The quantitative estimate of drug-likeness (QED) is 0.790. The first-order chi connectivity index (χ1) is 10.0. The fourth-order valence-corrected chi connectivity index (χ4v) is 4.24. The van der Waals surface area contributed by atoms with Gasteiger partial charge in [0, 0.05) is 12.6 Å². The average Bonchev–Trinajstić information content (AvgIpc) is 2.43. The maximum Gasteiger partial charge on any atom is 0.0897 e. The summed E-state index contributed by atoms with van der Waals surface area (Å²) in [6.45, 7) is 8.12. The molecule has 0 bridgehead atoms. The van der Waals surface area contributed by atoms with Crippen LogP contribution in [0.5, 0.6) is 0 Å². The number of hydrogen-bond acceptors (Lipinski definition) is 3. The Kier molecular flexibility index (Phi) is 6.97. The Balaban J connectivity index is 1.61. The summed E-state index contributed by atoms with van der Waals surface area (Å²) in [5.74, 6) is 2.27. The molecule has 0 aliphatic heterocycles. The Hall–Kier alpha value is -0.120.